The predicted molar refractivity (Wildman–Crippen MR) is 287 cm³/mol. The third-order valence-corrected chi connectivity index (χ3v) is 15.1. The van der Waals surface area contributed by atoms with Crippen LogP contribution in [0.3, 0.4) is 0 Å². The lowest BCUT2D eigenvalue weighted by molar-refractivity contribution is -0.328. The van der Waals surface area contributed by atoms with Crippen LogP contribution in [-0.2, 0) is 82.6 Å². The largest absolute Gasteiger partial charge is 0.495 e. The van der Waals surface area contributed by atoms with E-state index in [0.29, 0.717) is 63.3 Å². The second-order valence-electron chi connectivity index (χ2n) is 19.8. The molecule has 24 nitrogen and oxygen atoms in total. The number of methoxy groups -OCH3 is 2. The smallest absolute Gasteiger partial charge is 0.409 e. The van der Waals surface area contributed by atoms with E-state index in [0.717, 1.165) is 16.0 Å². The molecule has 5 heterocycles. The highest BCUT2D eigenvalue weighted by Gasteiger charge is 2.63. The van der Waals surface area contributed by atoms with Gasteiger partial charge in [0.1, 0.15) is 40.3 Å². The molecule has 6 bridgehead atoms. The van der Waals surface area contributed by atoms with E-state index in [1.54, 1.807) is 45.2 Å². The fourth-order valence-electron chi connectivity index (χ4n) is 9.35. The second-order valence-corrected chi connectivity index (χ2v) is 21.5. The van der Waals surface area contributed by atoms with Gasteiger partial charge in [0.25, 0.3) is 0 Å². The van der Waals surface area contributed by atoms with E-state index in [9.17, 15) is 38.7 Å². The number of allylic oxidation sites excluding steroid dienone is 3. The van der Waals surface area contributed by atoms with Crippen LogP contribution in [0.5, 0.6) is 5.75 Å². The fourth-order valence-corrected chi connectivity index (χ4v) is 10.7. The zero-order valence-corrected chi connectivity index (χ0v) is 47.7. The van der Waals surface area contributed by atoms with Gasteiger partial charge >= 0.3 is 12.1 Å². The number of hydrogen-bond acceptors (Lipinski definition) is 20. The lowest BCUT2D eigenvalue weighted by Gasteiger charge is -2.59. The van der Waals surface area contributed by atoms with Gasteiger partial charge in [0, 0.05) is 65.1 Å². The minimum Gasteiger partial charge on any atom is -0.495 e. The summed E-state index contributed by atoms with van der Waals surface area (Å²) in [4.78, 5) is 92.3. The molecule has 3 saturated heterocycles. The highest BCUT2D eigenvalue weighted by molar-refractivity contribution is 8.00. The Balaban J connectivity index is 1.04. The van der Waals surface area contributed by atoms with Crippen LogP contribution in [0.15, 0.2) is 35.9 Å². The minimum absolute atomic E-state index is 0.00360. The molecule has 6 rings (SSSR count). The number of anilines is 1. The monoisotopic (exact) mass is 1160 g/mol. The molecule has 26 heteroatoms. The summed E-state index contributed by atoms with van der Waals surface area (Å²) in [6.45, 7) is 9.89. The summed E-state index contributed by atoms with van der Waals surface area (Å²) >= 11 is 8.07. The van der Waals surface area contributed by atoms with Gasteiger partial charge < -0.3 is 73.2 Å². The number of nitrogens with zero attached hydrogens (tertiary/aromatic N) is 2. The number of rotatable bonds is 30. The van der Waals surface area contributed by atoms with Crippen molar-refractivity contribution in [3.63, 3.8) is 0 Å². The van der Waals surface area contributed by atoms with E-state index >= 15 is 0 Å². The van der Waals surface area contributed by atoms with E-state index in [2.05, 4.69) is 10.6 Å². The molecule has 1 aromatic carbocycles. The number of thioether (sulfide) groups is 1. The first-order valence-corrected chi connectivity index (χ1v) is 27.7. The summed E-state index contributed by atoms with van der Waals surface area (Å²) in [5.41, 5.74) is 2.71. The van der Waals surface area contributed by atoms with Gasteiger partial charge in [-0.1, -0.05) is 35.4 Å². The van der Waals surface area contributed by atoms with Gasteiger partial charge in [0.15, 0.2) is 11.8 Å². The Morgan fingerprint density at radius 1 is 0.911 bits per heavy atom. The molecule has 442 valence electrons. The van der Waals surface area contributed by atoms with Crippen LogP contribution in [0.25, 0.3) is 0 Å². The van der Waals surface area contributed by atoms with E-state index in [1.807, 2.05) is 13.0 Å². The van der Waals surface area contributed by atoms with Crippen molar-refractivity contribution in [2.45, 2.75) is 119 Å². The van der Waals surface area contributed by atoms with Crippen LogP contribution in [0.2, 0.25) is 5.02 Å². The molecule has 79 heavy (non-hydrogen) atoms. The molecule has 8 atom stereocenters. The van der Waals surface area contributed by atoms with Gasteiger partial charge in [-0.3, -0.25) is 34.2 Å². The van der Waals surface area contributed by atoms with Gasteiger partial charge in [0.05, 0.1) is 97.1 Å². The summed E-state index contributed by atoms with van der Waals surface area (Å²) in [6, 6.07) is 3.55. The Labute approximate surface area is 470 Å². The van der Waals surface area contributed by atoms with Crippen molar-refractivity contribution >= 4 is 70.6 Å². The van der Waals surface area contributed by atoms with Crippen molar-refractivity contribution in [1.29, 1.82) is 0 Å². The first-order valence-electron chi connectivity index (χ1n) is 26.2. The number of hydrogen-bond donors (Lipinski definition) is 4. The van der Waals surface area contributed by atoms with Crippen molar-refractivity contribution in [2.75, 3.05) is 118 Å². The number of ether oxygens (including phenoxy) is 11. The number of carbonyl (C=O) groups is 7. The zero-order valence-electron chi connectivity index (χ0n) is 46.2. The summed E-state index contributed by atoms with van der Waals surface area (Å²) in [6.07, 6.45) is 0.231. The first kappa shape index (κ1) is 64.9. The lowest BCUT2D eigenvalue weighted by atomic mass is 9.72. The van der Waals surface area contributed by atoms with Crippen molar-refractivity contribution in [3.8, 4) is 5.75 Å². The third-order valence-electron chi connectivity index (χ3n) is 13.5. The van der Waals surface area contributed by atoms with Crippen molar-refractivity contribution in [2.24, 2.45) is 5.73 Å². The molecule has 2 unspecified atom stereocenters. The molecule has 0 radical (unpaired) electrons. The second kappa shape index (κ2) is 31.3. The number of nitrogens with two attached hydrogens (primary N) is 1. The van der Waals surface area contributed by atoms with E-state index in [4.69, 9.17) is 69.4 Å². The molecule has 0 spiro atoms. The Kier molecular flexibility index (Phi) is 25.7. The quantitative estimate of drug-likeness (QED) is 0.0489. The average molecular weight is 1160 g/mol. The Morgan fingerprint density at radius 2 is 1.56 bits per heavy atom. The molecule has 0 saturated carbocycles. The molecule has 1 aromatic rings. The van der Waals surface area contributed by atoms with Crippen LogP contribution < -0.4 is 26.0 Å². The number of carbonyl (C=O) groups excluding carboxylic acids is 7. The Morgan fingerprint density at radius 3 is 2.22 bits per heavy atom. The van der Waals surface area contributed by atoms with E-state index < -0.39 is 70.5 Å². The van der Waals surface area contributed by atoms with Gasteiger partial charge in [0.2, 0.25) is 29.5 Å². The molecule has 5 aliphatic heterocycles. The number of imide groups is 1. The number of alkyl carbamates (subject to hydrolysis) is 1. The number of fused-ring (bicyclic) bond motifs is 6. The predicted octanol–water partition coefficient (Wildman–Crippen LogP) is 2.54. The lowest BCUT2D eigenvalue weighted by Crippen LogP contribution is -2.72. The Bertz CT molecular complexity index is 2320. The molecule has 0 aromatic heterocycles. The normalized spacial score (nSPS) is 26.8. The number of halogens is 1. The number of benzene rings is 1. The fraction of sp³-hybridized carbons (Fsp3) is 0.679. The number of likely N-dealkylation sites (tertiary alicyclic amines) is 1. The first-order chi connectivity index (χ1) is 37.6. The number of amides is 6. The third kappa shape index (κ3) is 19.4. The topological polar surface area (TPSA) is 298 Å². The Hall–Kier alpha value is -4.93. The zero-order chi connectivity index (χ0) is 57.8. The molecule has 0 aliphatic carbocycles. The standard InChI is InChI=1S/C53H78ClN5O19S/c1-34-9-8-10-40(69-7)53(67)32-42(77-50(66)57-53)52(4)33-51(3,78-52)41(31-45(62)58(5)37-28-36(27-34)29-38(68-6)47(37)54)76-49(65)35(2)75-24-23-74-25-26-79-39-30-46(63)59(48(39)64)14-11-44(61)56-13-16-71-18-20-73-22-21-72-19-17-70-15-12-43(55)60/h8-10,28-29,35,39-42,67H,11-27,30-33H2,1-7H3,(H2,55,60)(H,56,61)(H,57,66)/b10-8+,34-9+/t35-,39?,40+,41-,42-,51+,52?,53-/m0/s1. The summed E-state index contributed by atoms with van der Waals surface area (Å²) in [5.74, 6) is -2.01. The van der Waals surface area contributed by atoms with Crippen LogP contribution >= 0.6 is 23.4 Å². The van der Waals surface area contributed by atoms with Crippen LogP contribution in [0.1, 0.15) is 71.8 Å². The van der Waals surface area contributed by atoms with Crippen molar-refractivity contribution in [3.05, 3.63) is 46.5 Å². The van der Waals surface area contributed by atoms with E-state index in [-0.39, 0.29) is 107 Å². The molecular formula is C53H78ClN5O19S. The molecule has 6 amide bonds. The maximum atomic E-state index is 14.3. The van der Waals surface area contributed by atoms with Crippen molar-refractivity contribution < 1.29 is 90.8 Å². The molecule has 5 N–H and O–H groups in total. The van der Waals surface area contributed by atoms with Gasteiger partial charge in [-0.2, -0.15) is 0 Å². The van der Waals surface area contributed by atoms with Gasteiger partial charge in [-0.25, -0.2) is 9.59 Å². The number of primary amides is 1. The van der Waals surface area contributed by atoms with E-state index in [1.165, 1.54) is 37.8 Å². The van der Waals surface area contributed by atoms with Crippen LogP contribution in [-0.4, -0.2) is 211 Å². The number of aliphatic hydroxyl groups is 1. The molecule has 3 fully saturated rings. The summed E-state index contributed by atoms with van der Waals surface area (Å²) < 4.78 is 62.5. The summed E-state index contributed by atoms with van der Waals surface area (Å²) in [5, 5.41) is 16.6. The molecular weight excluding hydrogens is 1080 g/mol. The van der Waals surface area contributed by atoms with Crippen molar-refractivity contribution in [1.82, 2.24) is 15.5 Å². The highest BCUT2D eigenvalue weighted by Crippen LogP contribution is 2.50. The summed E-state index contributed by atoms with van der Waals surface area (Å²) in [7, 11) is 4.44. The van der Waals surface area contributed by atoms with Crippen LogP contribution in [0.4, 0.5) is 10.5 Å². The van der Waals surface area contributed by atoms with Gasteiger partial charge in [-0.05, 0) is 51.8 Å². The van der Waals surface area contributed by atoms with Gasteiger partial charge in [-0.15, -0.1) is 11.8 Å². The SMILES string of the molecule is COc1cc2cc(c1Cl)N(C)C(=O)C[C@H](OC(=O)[C@H](C)OCCOCCSC1CC(=O)N(CCC(=O)NCCOCCOCCOCCOCCC(N)=O)C1=O)[C@@]1(C)CC(C)(O1)[C@@H]1C[C@@](O)(NC(=O)O1)[C@H](OC)/C=C/C=C(\C)C2. The minimum atomic E-state index is -1.89. The van der Waals surface area contributed by atoms with Crippen LogP contribution in [0, 0.1) is 0 Å². The highest BCUT2D eigenvalue weighted by atomic mass is 35.5. The maximum absolute atomic E-state index is 14.3. The number of esters is 1. The molecule has 5 aliphatic rings. The number of nitrogens with one attached hydrogen (secondary N) is 2. The maximum Gasteiger partial charge on any atom is 0.409 e. The average Bonchev–Trinajstić information content (AvgIpc) is 3.78.